The Hall–Kier alpha value is 0.270. The van der Waals surface area contributed by atoms with Gasteiger partial charge in [0.2, 0.25) is 0 Å². The van der Waals surface area contributed by atoms with Gasteiger partial charge in [0.05, 0.1) is 11.5 Å². The van der Waals surface area contributed by atoms with Gasteiger partial charge < -0.3 is 4.74 Å². The molecule has 2 saturated heterocycles. The van der Waals surface area contributed by atoms with Gasteiger partial charge in [0, 0.05) is 24.3 Å². The molecule has 82 valence electrons. The Bertz CT molecular complexity index is 194. The minimum absolute atomic E-state index is 0.331. The molecule has 1 N–H and O–H groups in total. The quantitative estimate of drug-likeness (QED) is 0.780. The summed E-state index contributed by atoms with van der Waals surface area (Å²) in [6.45, 7) is 6.50. The predicted molar refractivity (Wildman–Crippen MR) is 61.6 cm³/mol. The van der Waals surface area contributed by atoms with Crippen LogP contribution in [0.3, 0.4) is 0 Å². The van der Waals surface area contributed by atoms with Gasteiger partial charge in [0.1, 0.15) is 0 Å². The lowest BCUT2D eigenvalue weighted by Crippen LogP contribution is -2.47. The number of thioether (sulfide) groups is 1. The maximum absolute atomic E-state index is 5.51. The Morgan fingerprint density at radius 3 is 2.86 bits per heavy atom. The number of rotatable bonds is 3. The van der Waals surface area contributed by atoms with Crippen molar-refractivity contribution in [3.05, 3.63) is 0 Å². The van der Waals surface area contributed by atoms with Crippen molar-refractivity contribution in [1.29, 1.82) is 0 Å². The molecule has 3 atom stereocenters. The molecule has 0 aromatic rings. The van der Waals surface area contributed by atoms with E-state index in [1.807, 2.05) is 0 Å². The number of hydrogen-bond acceptors (Lipinski definition) is 3. The molecule has 0 radical (unpaired) electrons. The summed E-state index contributed by atoms with van der Waals surface area (Å²) in [7, 11) is 0. The summed E-state index contributed by atoms with van der Waals surface area (Å²) in [5.41, 5.74) is 0. The van der Waals surface area contributed by atoms with Crippen LogP contribution in [0.4, 0.5) is 0 Å². The van der Waals surface area contributed by atoms with Crippen molar-refractivity contribution in [3.8, 4) is 0 Å². The largest absolute Gasteiger partial charge is 0.381 e. The summed E-state index contributed by atoms with van der Waals surface area (Å²) in [6, 6.07) is 0.723. The summed E-state index contributed by atoms with van der Waals surface area (Å²) in [6.07, 6.45) is 3.72. The smallest absolute Gasteiger partial charge is 0.0696 e. The molecule has 0 aromatic heterocycles. The average Bonchev–Trinajstić information content (AvgIpc) is 2.87. The molecule has 2 aliphatic rings. The highest BCUT2D eigenvalue weighted by Crippen LogP contribution is 2.43. The molecule has 14 heavy (non-hydrogen) atoms. The maximum Gasteiger partial charge on any atom is 0.0696 e. The molecule has 0 aliphatic carbocycles. The van der Waals surface area contributed by atoms with Gasteiger partial charge in [-0.3, -0.25) is 5.32 Å². The first kappa shape index (κ1) is 10.8. The average molecular weight is 215 g/mol. The minimum atomic E-state index is 0.331. The van der Waals surface area contributed by atoms with Crippen molar-refractivity contribution in [2.24, 2.45) is 5.92 Å². The summed E-state index contributed by atoms with van der Waals surface area (Å²) >= 11 is 2.13. The highest BCUT2D eigenvalue weighted by molar-refractivity contribution is 8.00. The Kier molecular flexibility index (Phi) is 3.40. The van der Waals surface area contributed by atoms with Crippen LogP contribution in [0.25, 0.3) is 0 Å². The van der Waals surface area contributed by atoms with Gasteiger partial charge in [0.25, 0.3) is 0 Å². The lowest BCUT2D eigenvalue weighted by atomic mass is 9.95. The van der Waals surface area contributed by atoms with Crippen LogP contribution in [0.2, 0.25) is 0 Å². The van der Waals surface area contributed by atoms with Crippen molar-refractivity contribution in [2.45, 2.75) is 44.0 Å². The standard InChI is InChI=1S/C11H21NOS/c1-3-10-8-14-11(4-2,12-10)9-5-6-13-7-9/h9-10,12H,3-8H2,1-2H3. The van der Waals surface area contributed by atoms with E-state index in [-0.39, 0.29) is 0 Å². The minimum Gasteiger partial charge on any atom is -0.381 e. The van der Waals surface area contributed by atoms with E-state index in [4.69, 9.17) is 4.74 Å². The normalized spacial score (nSPS) is 43.3. The van der Waals surface area contributed by atoms with Gasteiger partial charge in [0.15, 0.2) is 0 Å². The lowest BCUT2D eigenvalue weighted by Gasteiger charge is -2.33. The summed E-state index contributed by atoms with van der Waals surface area (Å²) in [5, 5.41) is 3.83. The van der Waals surface area contributed by atoms with Gasteiger partial charge >= 0.3 is 0 Å². The molecule has 2 fully saturated rings. The zero-order valence-corrected chi connectivity index (χ0v) is 10.0. The molecular formula is C11H21NOS. The van der Waals surface area contributed by atoms with Crippen LogP contribution in [0.15, 0.2) is 0 Å². The molecule has 2 rings (SSSR count). The molecule has 0 bridgehead atoms. The number of nitrogens with one attached hydrogen (secondary N) is 1. The Balaban J connectivity index is 2.02. The van der Waals surface area contributed by atoms with Crippen LogP contribution in [0.5, 0.6) is 0 Å². The molecule has 3 unspecified atom stereocenters. The van der Waals surface area contributed by atoms with E-state index in [0.717, 1.165) is 25.2 Å². The van der Waals surface area contributed by atoms with Gasteiger partial charge in [-0.1, -0.05) is 13.8 Å². The zero-order chi connectivity index (χ0) is 10.0. The molecule has 2 aliphatic heterocycles. The van der Waals surface area contributed by atoms with Crippen molar-refractivity contribution < 1.29 is 4.74 Å². The highest BCUT2D eigenvalue weighted by atomic mass is 32.2. The Labute approximate surface area is 91.2 Å². The third-order valence-electron chi connectivity index (χ3n) is 3.60. The zero-order valence-electron chi connectivity index (χ0n) is 9.21. The topological polar surface area (TPSA) is 21.3 Å². The monoisotopic (exact) mass is 215 g/mol. The second-order valence-corrected chi connectivity index (χ2v) is 5.71. The predicted octanol–water partition coefficient (Wildman–Crippen LogP) is 2.24. The number of ether oxygens (including phenoxy) is 1. The molecule has 2 heterocycles. The van der Waals surface area contributed by atoms with Gasteiger partial charge in [-0.15, -0.1) is 11.8 Å². The molecule has 3 heteroatoms. The first-order chi connectivity index (χ1) is 6.80. The van der Waals surface area contributed by atoms with Crippen LogP contribution >= 0.6 is 11.8 Å². The van der Waals surface area contributed by atoms with E-state index in [1.165, 1.54) is 25.0 Å². The molecule has 2 nitrogen and oxygen atoms in total. The van der Waals surface area contributed by atoms with E-state index in [1.54, 1.807) is 0 Å². The SMILES string of the molecule is CCC1CSC(CC)(C2CCOC2)N1. The van der Waals surface area contributed by atoms with Crippen LogP contribution < -0.4 is 5.32 Å². The van der Waals surface area contributed by atoms with Crippen LogP contribution in [-0.2, 0) is 4.74 Å². The fraction of sp³-hybridized carbons (Fsp3) is 1.00. The van der Waals surface area contributed by atoms with Crippen molar-refractivity contribution in [1.82, 2.24) is 5.32 Å². The van der Waals surface area contributed by atoms with Crippen molar-refractivity contribution in [2.75, 3.05) is 19.0 Å². The van der Waals surface area contributed by atoms with E-state index in [2.05, 4.69) is 30.9 Å². The summed E-state index contributed by atoms with van der Waals surface area (Å²) in [4.78, 5) is 0.331. The maximum atomic E-state index is 5.51. The van der Waals surface area contributed by atoms with E-state index < -0.39 is 0 Å². The van der Waals surface area contributed by atoms with Crippen molar-refractivity contribution >= 4 is 11.8 Å². The second-order valence-electron chi connectivity index (χ2n) is 4.36. The first-order valence-corrected chi connectivity index (χ1v) is 6.78. The fourth-order valence-electron chi connectivity index (χ4n) is 2.53. The van der Waals surface area contributed by atoms with Gasteiger partial charge in [-0.2, -0.15) is 0 Å². The van der Waals surface area contributed by atoms with Gasteiger partial charge in [-0.25, -0.2) is 0 Å². The Morgan fingerprint density at radius 1 is 1.50 bits per heavy atom. The molecule has 0 aromatic carbocycles. The van der Waals surface area contributed by atoms with Crippen LogP contribution in [-0.4, -0.2) is 29.9 Å². The van der Waals surface area contributed by atoms with Gasteiger partial charge in [-0.05, 0) is 19.3 Å². The first-order valence-electron chi connectivity index (χ1n) is 5.80. The fourth-order valence-corrected chi connectivity index (χ4v) is 4.22. The molecule has 0 spiro atoms. The third kappa shape index (κ3) is 1.82. The summed E-state index contributed by atoms with van der Waals surface area (Å²) in [5.74, 6) is 2.01. The molecular weight excluding hydrogens is 194 g/mol. The lowest BCUT2D eigenvalue weighted by molar-refractivity contribution is 0.170. The molecule has 0 saturated carbocycles. The van der Waals surface area contributed by atoms with Crippen LogP contribution in [0.1, 0.15) is 33.1 Å². The van der Waals surface area contributed by atoms with E-state index in [0.29, 0.717) is 4.87 Å². The number of hydrogen-bond donors (Lipinski definition) is 1. The molecule has 0 amide bonds. The van der Waals surface area contributed by atoms with Crippen LogP contribution in [0, 0.1) is 5.92 Å². The Morgan fingerprint density at radius 2 is 2.36 bits per heavy atom. The van der Waals surface area contributed by atoms with E-state index in [9.17, 15) is 0 Å². The highest BCUT2D eigenvalue weighted by Gasteiger charge is 2.44. The second kappa shape index (κ2) is 4.42. The van der Waals surface area contributed by atoms with Crippen molar-refractivity contribution in [3.63, 3.8) is 0 Å². The third-order valence-corrected chi connectivity index (χ3v) is 5.42. The summed E-state index contributed by atoms with van der Waals surface area (Å²) < 4.78 is 5.51. The van der Waals surface area contributed by atoms with E-state index >= 15 is 0 Å².